The summed E-state index contributed by atoms with van der Waals surface area (Å²) in [4.78, 5) is 22.7. The fourth-order valence-corrected chi connectivity index (χ4v) is 2.80. The summed E-state index contributed by atoms with van der Waals surface area (Å²) in [6, 6.07) is 12.9. The summed E-state index contributed by atoms with van der Waals surface area (Å²) < 4.78 is 10.5. The molecule has 0 spiro atoms. The molecule has 162 valence electrons. The van der Waals surface area contributed by atoms with Crippen LogP contribution in [0.1, 0.15) is 38.2 Å². The summed E-state index contributed by atoms with van der Waals surface area (Å²) >= 11 is 0. The Morgan fingerprint density at radius 3 is 2.30 bits per heavy atom. The molecule has 0 saturated heterocycles. The predicted octanol–water partition coefficient (Wildman–Crippen LogP) is 4.13. The molecule has 8 heteroatoms. The Labute approximate surface area is 182 Å². The van der Waals surface area contributed by atoms with E-state index in [0.717, 1.165) is 30.4 Å². The van der Waals surface area contributed by atoms with E-state index in [-0.39, 0.29) is 30.1 Å². The number of nitrogen functional groups attached to an aromatic ring is 1. The summed E-state index contributed by atoms with van der Waals surface area (Å²) in [5.41, 5.74) is 8.60. The molecule has 0 aliphatic rings. The lowest BCUT2D eigenvalue weighted by molar-refractivity contribution is -0.140. The van der Waals surface area contributed by atoms with Crippen LogP contribution in [0, 0.1) is 5.41 Å². The summed E-state index contributed by atoms with van der Waals surface area (Å²) in [5.74, 6) is 0.228. The van der Waals surface area contributed by atoms with E-state index in [2.05, 4.69) is 10.1 Å². The van der Waals surface area contributed by atoms with Gasteiger partial charge in [-0.05, 0) is 42.5 Å². The zero-order chi connectivity index (χ0) is 21.2. The molecule has 0 aromatic heterocycles. The van der Waals surface area contributed by atoms with E-state index >= 15 is 0 Å². The maximum atomic E-state index is 11.6. The number of benzene rings is 2. The number of anilines is 1. The minimum atomic E-state index is -0.203. The van der Waals surface area contributed by atoms with Crippen molar-refractivity contribution >= 4 is 35.8 Å². The molecule has 0 heterocycles. The molecular weight excluding hydrogens is 406 g/mol. The highest BCUT2D eigenvalue weighted by Gasteiger charge is 2.09. The number of carbonyl (C=O) groups excluding carboxylic acids is 2. The highest BCUT2D eigenvalue weighted by atomic mass is 35.5. The number of halogens is 1. The van der Waals surface area contributed by atoms with Crippen LogP contribution in [0.15, 0.2) is 42.5 Å². The molecule has 0 aliphatic carbocycles. The van der Waals surface area contributed by atoms with Gasteiger partial charge in [0, 0.05) is 18.9 Å². The monoisotopic (exact) mass is 433 g/mol. The normalized spacial score (nSPS) is 9.93. The number of unbranched alkanes of at least 4 members (excludes halogenated alkanes) is 2. The highest BCUT2D eigenvalue weighted by molar-refractivity contribution is 5.95. The van der Waals surface area contributed by atoms with Crippen LogP contribution in [0.4, 0.5) is 5.69 Å². The lowest BCUT2D eigenvalue weighted by atomic mass is 10.0. The SMILES string of the molecule is COC(=O)CCCCCOc1ccc(-c2ccc(C(=N)N)cc2)cc1NC(C)=O.Cl. The topological polar surface area (TPSA) is 114 Å². The van der Waals surface area contributed by atoms with E-state index in [1.165, 1.54) is 14.0 Å². The number of amidine groups is 1. The van der Waals surface area contributed by atoms with Gasteiger partial charge in [-0.25, -0.2) is 0 Å². The van der Waals surface area contributed by atoms with Crippen molar-refractivity contribution in [2.75, 3.05) is 19.0 Å². The van der Waals surface area contributed by atoms with E-state index < -0.39 is 0 Å². The lowest BCUT2D eigenvalue weighted by Crippen LogP contribution is -2.10. The summed E-state index contributed by atoms with van der Waals surface area (Å²) in [5, 5.41) is 10.3. The molecule has 0 saturated carbocycles. The van der Waals surface area contributed by atoms with Gasteiger partial charge in [0.2, 0.25) is 5.91 Å². The van der Waals surface area contributed by atoms with E-state index in [1.54, 1.807) is 12.1 Å². The Balaban J connectivity index is 0.00000450. The van der Waals surface area contributed by atoms with Gasteiger partial charge in [0.25, 0.3) is 0 Å². The van der Waals surface area contributed by atoms with E-state index in [9.17, 15) is 9.59 Å². The third kappa shape index (κ3) is 7.75. The van der Waals surface area contributed by atoms with Crippen molar-refractivity contribution in [3.8, 4) is 16.9 Å². The summed E-state index contributed by atoms with van der Waals surface area (Å²) in [7, 11) is 1.39. The van der Waals surface area contributed by atoms with Gasteiger partial charge in [-0.1, -0.05) is 30.3 Å². The van der Waals surface area contributed by atoms with Crippen LogP contribution in [-0.2, 0) is 14.3 Å². The molecule has 30 heavy (non-hydrogen) atoms. The molecule has 4 N–H and O–H groups in total. The van der Waals surface area contributed by atoms with Crippen LogP contribution in [0.5, 0.6) is 5.75 Å². The summed E-state index contributed by atoms with van der Waals surface area (Å²) in [6.45, 7) is 1.94. The third-order valence-electron chi connectivity index (χ3n) is 4.33. The number of nitrogens with two attached hydrogens (primary N) is 1. The van der Waals surface area contributed by atoms with Crippen molar-refractivity contribution in [2.45, 2.75) is 32.6 Å². The quantitative estimate of drug-likeness (QED) is 0.225. The molecule has 0 aliphatic heterocycles. The second-order valence-corrected chi connectivity index (χ2v) is 6.62. The Kier molecular flexibility index (Phi) is 10.4. The van der Waals surface area contributed by atoms with Crippen molar-refractivity contribution in [3.63, 3.8) is 0 Å². The number of hydrogen-bond acceptors (Lipinski definition) is 5. The molecule has 0 fully saturated rings. The first-order valence-electron chi connectivity index (χ1n) is 9.47. The molecule has 2 rings (SSSR count). The Morgan fingerprint density at radius 2 is 1.70 bits per heavy atom. The van der Waals surface area contributed by atoms with E-state index in [0.29, 0.717) is 30.0 Å². The molecule has 2 aromatic rings. The van der Waals surface area contributed by atoms with Gasteiger partial charge >= 0.3 is 5.97 Å². The van der Waals surface area contributed by atoms with Crippen LogP contribution < -0.4 is 15.8 Å². The van der Waals surface area contributed by atoms with Gasteiger partial charge in [0.15, 0.2) is 0 Å². The molecular formula is C22H28ClN3O4. The maximum absolute atomic E-state index is 11.6. The zero-order valence-corrected chi connectivity index (χ0v) is 18.0. The van der Waals surface area contributed by atoms with E-state index in [1.807, 2.05) is 30.3 Å². The van der Waals surface area contributed by atoms with E-state index in [4.69, 9.17) is 15.9 Å². The third-order valence-corrected chi connectivity index (χ3v) is 4.33. The largest absolute Gasteiger partial charge is 0.491 e. The fourth-order valence-electron chi connectivity index (χ4n) is 2.80. The first-order valence-corrected chi connectivity index (χ1v) is 9.47. The van der Waals surface area contributed by atoms with Crippen molar-refractivity contribution in [2.24, 2.45) is 5.73 Å². The average Bonchev–Trinajstić information content (AvgIpc) is 2.70. The van der Waals surface area contributed by atoms with Crippen molar-refractivity contribution < 1.29 is 19.1 Å². The molecule has 2 aromatic carbocycles. The Morgan fingerprint density at radius 1 is 1.03 bits per heavy atom. The highest BCUT2D eigenvalue weighted by Crippen LogP contribution is 2.31. The molecule has 0 radical (unpaired) electrons. The number of amides is 1. The molecule has 7 nitrogen and oxygen atoms in total. The standard InChI is InChI=1S/C22H27N3O4.ClH/c1-15(26)25-19-14-18(16-7-9-17(10-8-16)22(23)24)11-12-20(19)29-13-5-3-4-6-21(27)28-2;/h7-12,14H,3-6,13H2,1-2H3,(H3,23,24)(H,25,26);1H. The van der Waals surface area contributed by atoms with Gasteiger partial charge in [0.05, 0.1) is 19.4 Å². The number of ether oxygens (including phenoxy) is 2. The predicted molar refractivity (Wildman–Crippen MR) is 120 cm³/mol. The van der Waals surface area contributed by atoms with Gasteiger partial charge in [-0.2, -0.15) is 0 Å². The van der Waals surface area contributed by atoms with Gasteiger partial charge in [-0.3, -0.25) is 15.0 Å². The first kappa shape index (κ1) is 25.0. The van der Waals surface area contributed by atoms with Gasteiger partial charge in [0.1, 0.15) is 11.6 Å². The van der Waals surface area contributed by atoms with Crippen molar-refractivity contribution in [1.29, 1.82) is 5.41 Å². The van der Waals surface area contributed by atoms with Crippen molar-refractivity contribution in [3.05, 3.63) is 48.0 Å². The minimum Gasteiger partial charge on any atom is -0.491 e. The lowest BCUT2D eigenvalue weighted by Gasteiger charge is -2.14. The van der Waals surface area contributed by atoms with Gasteiger partial charge < -0.3 is 20.5 Å². The number of carbonyl (C=O) groups is 2. The molecule has 1 amide bonds. The Hall–Kier alpha value is -3.06. The van der Waals surface area contributed by atoms with Crippen molar-refractivity contribution in [1.82, 2.24) is 0 Å². The Bertz CT molecular complexity index is 869. The average molecular weight is 434 g/mol. The smallest absolute Gasteiger partial charge is 0.305 e. The van der Waals surface area contributed by atoms with Crippen LogP contribution in [0.2, 0.25) is 0 Å². The van der Waals surface area contributed by atoms with Crippen LogP contribution in [-0.4, -0.2) is 31.4 Å². The van der Waals surface area contributed by atoms with Crippen LogP contribution in [0.3, 0.4) is 0 Å². The number of hydrogen-bond donors (Lipinski definition) is 3. The molecule has 0 atom stereocenters. The second kappa shape index (κ2) is 12.5. The molecule has 0 unspecified atom stereocenters. The second-order valence-electron chi connectivity index (χ2n) is 6.62. The van der Waals surface area contributed by atoms with Gasteiger partial charge in [-0.15, -0.1) is 12.4 Å². The number of nitrogens with one attached hydrogen (secondary N) is 2. The maximum Gasteiger partial charge on any atom is 0.305 e. The summed E-state index contributed by atoms with van der Waals surface area (Å²) in [6.07, 6.45) is 2.81. The van der Waals surface area contributed by atoms with Crippen LogP contribution >= 0.6 is 12.4 Å². The number of methoxy groups -OCH3 is 1. The fraction of sp³-hybridized carbons (Fsp3) is 0.318. The first-order chi connectivity index (χ1) is 13.9. The zero-order valence-electron chi connectivity index (χ0n) is 17.2. The number of esters is 1. The number of rotatable bonds is 10. The van der Waals surface area contributed by atoms with Crippen LogP contribution in [0.25, 0.3) is 11.1 Å². The molecule has 0 bridgehead atoms. The minimum absolute atomic E-state index is 0.